The van der Waals surface area contributed by atoms with Crippen LogP contribution in [0.25, 0.3) is 6.08 Å². The number of anilines is 1. The van der Waals surface area contributed by atoms with Crippen molar-refractivity contribution in [1.29, 1.82) is 0 Å². The van der Waals surface area contributed by atoms with Crippen molar-refractivity contribution < 1.29 is 35.5 Å². The Morgan fingerprint density at radius 3 is 2.56 bits per heavy atom. The average Bonchev–Trinajstić information content (AvgIpc) is 3.05. The highest BCUT2D eigenvalue weighted by Crippen LogP contribution is 2.34. The lowest BCUT2D eigenvalue weighted by atomic mass is 10.3. The summed E-state index contributed by atoms with van der Waals surface area (Å²) in [5.74, 6) is -0.326. The molecule has 1 heterocycles. The summed E-state index contributed by atoms with van der Waals surface area (Å²) in [6.45, 7) is 0. The molecule has 6 nitrogen and oxygen atoms in total. The predicted octanol–water partition coefficient (Wildman–Crippen LogP) is 3.23. The van der Waals surface area contributed by atoms with Crippen molar-refractivity contribution in [2.24, 2.45) is 0 Å². The van der Waals surface area contributed by atoms with Gasteiger partial charge in [-0.25, -0.2) is 8.42 Å². The molecule has 0 spiro atoms. The molecule has 0 atom stereocenters. The number of furan rings is 1. The molecule has 0 aliphatic heterocycles. The van der Waals surface area contributed by atoms with Crippen molar-refractivity contribution in [2.45, 2.75) is 10.4 Å². The summed E-state index contributed by atoms with van der Waals surface area (Å²) in [4.78, 5) is 10.9. The second kappa shape index (κ2) is 7.01. The molecule has 0 saturated heterocycles. The molecule has 0 saturated carbocycles. The first-order valence-electron chi connectivity index (χ1n) is 6.67. The van der Waals surface area contributed by atoms with Crippen LogP contribution >= 0.6 is 0 Å². The molecule has 0 aliphatic carbocycles. The van der Waals surface area contributed by atoms with Gasteiger partial charge in [0, 0.05) is 6.08 Å². The minimum atomic E-state index is -5.55. The van der Waals surface area contributed by atoms with E-state index in [-0.39, 0.29) is 11.4 Å². The van der Waals surface area contributed by atoms with E-state index in [1.54, 1.807) is 12.1 Å². The Balaban J connectivity index is 2.30. The van der Waals surface area contributed by atoms with E-state index in [4.69, 9.17) is 9.15 Å². The van der Waals surface area contributed by atoms with Gasteiger partial charge >= 0.3 is 5.51 Å². The molecule has 0 aliphatic rings. The van der Waals surface area contributed by atoms with E-state index in [9.17, 15) is 26.4 Å². The standard InChI is InChI=1S/C15H12F3NO5S/c1-23-13-6-5-11(25(21,22)15(16,17)18)9-12(13)19-14(20)7-4-10-3-2-8-24-10/h2-9H,1H3,(H,19,20)/b7-4+. The quantitative estimate of drug-likeness (QED) is 0.811. The zero-order chi connectivity index (χ0) is 18.7. The number of methoxy groups -OCH3 is 1. The smallest absolute Gasteiger partial charge is 0.495 e. The number of ether oxygens (including phenoxy) is 1. The summed E-state index contributed by atoms with van der Waals surface area (Å²) in [5, 5.41) is 2.26. The highest BCUT2D eigenvalue weighted by atomic mass is 32.2. The maximum absolute atomic E-state index is 12.6. The Kier molecular flexibility index (Phi) is 5.21. The molecule has 1 amide bonds. The van der Waals surface area contributed by atoms with Crippen molar-refractivity contribution in [3.05, 3.63) is 48.4 Å². The molecule has 1 aromatic heterocycles. The number of hydrogen-bond acceptors (Lipinski definition) is 5. The monoisotopic (exact) mass is 375 g/mol. The number of nitrogens with one attached hydrogen (secondary N) is 1. The maximum atomic E-state index is 12.6. The van der Waals surface area contributed by atoms with Gasteiger partial charge in [0.15, 0.2) is 0 Å². The Hall–Kier alpha value is -2.75. The Morgan fingerprint density at radius 2 is 2.00 bits per heavy atom. The lowest BCUT2D eigenvalue weighted by molar-refractivity contribution is -0.111. The first-order chi connectivity index (χ1) is 11.6. The summed E-state index contributed by atoms with van der Waals surface area (Å²) in [5.41, 5.74) is -5.68. The van der Waals surface area contributed by atoms with E-state index < -0.39 is 26.1 Å². The first-order valence-corrected chi connectivity index (χ1v) is 8.15. The topological polar surface area (TPSA) is 85.6 Å². The lowest BCUT2D eigenvalue weighted by Crippen LogP contribution is -2.23. The van der Waals surface area contributed by atoms with Gasteiger partial charge in [0.1, 0.15) is 11.5 Å². The van der Waals surface area contributed by atoms with Crippen molar-refractivity contribution in [2.75, 3.05) is 12.4 Å². The summed E-state index contributed by atoms with van der Waals surface area (Å²) >= 11 is 0. The van der Waals surface area contributed by atoms with Gasteiger partial charge in [0.2, 0.25) is 5.91 Å². The molecule has 0 fully saturated rings. The maximum Gasteiger partial charge on any atom is 0.501 e. The van der Waals surface area contributed by atoms with Crippen LogP contribution in [0.2, 0.25) is 0 Å². The van der Waals surface area contributed by atoms with Crippen LogP contribution in [0.3, 0.4) is 0 Å². The van der Waals surface area contributed by atoms with Crippen molar-refractivity contribution in [3.63, 3.8) is 0 Å². The van der Waals surface area contributed by atoms with Crippen LogP contribution in [0, 0.1) is 0 Å². The van der Waals surface area contributed by atoms with Gasteiger partial charge in [0.25, 0.3) is 9.84 Å². The van der Waals surface area contributed by atoms with Gasteiger partial charge in [-0.15, -0.1) is 0 Å². The van der Waals surface area contributed by atoms with Crippen molar-refractivity contribution in [1.82, 2.24) is 0 Å². The molecule has 2 rings (SSSR count). The van der Waals surface area contributed by atoms with E-state index in [1.165, 1.54) is 19.4 Å². The Bertz CT molecular complexity index is 886. The Labute approximate surface area is 140 Å². The van der Waals surface area contributed by atoms with Crippen LogP contribution < -0.4 is 10.1 Å². The highest BCUT2D eigenvalue weighted by Gasteiger charge is 2.47. The number of halogens is 3. The zero-order valence-corrected chi connectivity index (χ0v) is 13.5. The van der Waals surface area contributed by atoms with Gasteiger partial charge in [-0.05, 0) is 36.4 Å². The van der Waals surface area contributed by atoms with Crippen LogP contribution in [0.4, 0.5) is 18.9 Å². The molecule has 0 unspecified atom stereocenters. The number of rotatable bonds is 5. The zero-order valence-electron chi connectivity index (χ0n) is 12.7. The molecule has 2 aromatic rings. The van der Waals surface area contributed by atoms with Crippen molar-refractivity contribution in [3.8, 4) is 5.75 Å². The van der Waals surface area contributed by atoms with Gasteiger partial charge < -0.3 is 14.5 Å². The second-order valence-electron chi connectivity index (χ2n) is 4.65. The van der Waals surface area contributed by atoms with E-state index in [0.717, 1.165) is 18.2 Å². The SMILES string of the molecule is COc1ccc(S(=O)(=O)C(F)(F)F)cc1NC(=O)/C=C/c1ccco1. The van der Waals surface area contributed by atoms with Crippen LogP contribution in [-0.4, -0.2) is 26.9 Å². The van der Waals surface area contributed by atoms with Gasteiger partial charge in [0.05, 0.1) is 24.0 Å². The summed E-state index contributed by atoms with van der Waals surface area (Å²) in [7, 11) is -4.32. The first kappa shape index (κ1) is 18.6. The third kappa shape index (κ3) is 4.21. The molecule has 1 N–H and O–H groups in total. The van der Waals surface area contributed by atoms with Crippen LogP contribution in [0.1, 0.15) is 5.76 Å². The number of hydrogen-bond donors (Lipinski definition) is 1. The molecule has 10 heteroatoms. The molecular formula is C15H12F3NO5S. The average molecular weight is 375 g/mol. The molecule has 0 bridgehead atoms. The van der Waals surface area contributed by atoms with E-state index >= 15 is 0 Å². The van der Waals surface area contributed by atoms with Gasteiger partial charge in [-0.1, -0.05) is 0 Å². The normalized spacial score (nSPS) is 12.3. The lowest BCUT2D eigenvalue weighted by Gasteiger charge is -2.12. The molecule has 25 heavy (non-hydrogen) atoms. The van der Waals surface area contributed by atoms with Gasteiger partial charge in [-0.2, -0.15) is 13.2 Å². The summed E-state index contributed by atoms with van der Waals surface area (Å²) in [6.07, 6.45) is 3.80. The molecule has 0 radical (unpaired) electrons. The number of amides is 1. The van der Waals surface area contributed by atoms with E-state index in [2.05, 4.69) is 5.32 Å². The summed E-state index contributed by atoms with van der Waals surface area (Å²) < 4.78 is 70.8. The summed E-state index contributed by atoms with van der Waals surface area (Å²) in [6, 6.07) is 5.63. The largest absolute Gasteiger partial charge is 0.501 e. The number of carbonyl (C=O) groups excluding carboxylic acids is 1. The molecule has 134 valence electrons. The number of alkyl halides is 3. The van der Waals surface area contributed by atoms with Crippen LogP contribution in [0.5, 0.6) is 5.75 Å². The van der Waals surface area contributed by atoms with Crippen LogP contribution in [-0.2, 0) is 14.6 Å². The fraction of sp³-hybridized carbons (Fsp3) is 0.133. The van der Waals surface area contributed by atoms with Gasteiger partial charge in [-0.3, -0.25) is 4.79 Å². The predicted molar refractivity (Wildman–Crippen MR) is 82.6 cm³/mol. The number of benzene rings is 1. The number of sulfone groups is 1. The third-order valence-electron chi connectivity index (χ3n) is 2.99. The van der Waals surface area contributed by atoms with E-state index in [0.29, 0.717) is 11.8 Å². The van der Waals surface area contributed by atoms with E-state index in [1.807, 2.05) is 0 Å². The molecule has 1 aromatic carbocycles. The third-order valence-corrected chi connectivity index (χ3v) is 4.47. The van der Waals surface area contributed by atoms with Crippen LogP contribution in [0.15, 0.2) is 52.0 Å². The minimum Gasteiger partial charge on any atom is -0.495 e. The minimum absolute atomic E-state index is 0.000808. The number of carbonyl (C=O) groups is 1. The fourth-order valence-electron chi connectivity index (χ4n) is 1.80. The second-order valence-corrected chi connectivity index (χ2v) is 6.59. The highest BCUT2D eigenvalue weighted by molar-refractivity contribution is 7.92. The molecular weight excluding hydrogens is 363 g/mol. The Morgan fingerprint density at radius 1 is 1.28 bits per heavy atom. The fourth-order valence-corrected chi connectivity index (χ4v) is 2.59. The van der Waals surface area contributed by atoms with Crippen molar-refractivity contribution >= 4 is 27.5 Å².